The van der Waals surface area contributed by atoms with Crippen molar-refractivity contribution in [1.29, 1.82) is 0 Å². The molecule has 0 bridgehead atoms. The van der Waals surface area contributed by atoms with Crippen LogP contribution in [0.1, 0.15) is 47.9 Å². The van der Waals surface area contributed by atoms with Crippen LogP contribution in [0.15, 0.2) is 54.6 Å². The highest BCUT2D eigenvalue weighted by Gasteiger charge is 2.19. The number of rotatable bonds is 6. The number of carbonyl (C=O) groups excluding carboxylic acids is 1. The van der Waals surface area contributed by atoms with Crippen LogP contribution in [0.2, 0.25) is 10.0 Å². The Morgan fingerprint density at radius 2 is 1.81 bits per heavy atom. The molecule has 4 rings (SSSR count). The second-order valence-electron chi connectivity index (χ2n) is 8.14. The van der Waals surface area contributed by atoms with Gasteiger partial charge in [0, 0.05) is 12.5 Å². The lowest BCUT2D eigenvalue weighted by atomic mass is 9.95. The Balaban J connectivity index is 0.000000478. The van der Waals surface area contributed by atoms with Crippen LogP contribution in [0.5, 0.6) is 0 Å². The molecule has 0 aliphatic heterocycles. The molecule has 1 fully saturated rings. The van der Waals surface area contributed by atoms with E-state index in [1.807, 2.05) is 20.0 Å². The zero-order valence-corrected chi connectivity index (χ0v) is 19.8. The maximum atomic E-state index is 9.57. The molecular weight excluding hydrogens is 425 g/mol. The number of nitrogens with one attached hydrogen (secondary N) is 1. The standard InChI is InChI=1S/C23H23Cl2N.C4H6O/c1-15(19-12-16(2)23(25)22(24)13-19)8-9-17-10-11-18(14-26-3)21-7-5-4-6-20(17)21;5-3-4-1-2-4/h4-13,15,26H,14H2,1-3H3;3-4H,1-2H2/b9-8+;. The van der Waals surface area contributed by atoms with Crippen molar-refractivity contribution in [3.63, 3.8) is 0 Å². The molecule has 31 heavy (non-hydrogen) atoms. The molecule has 3 aromatic carbocycles. The Hall–Kier alpha value is -2.13. The Morgan fingerprint density at radius 1 is 1.10 bits per heavy atom. The quantitative estimate of drug-likeness (QED) is 0.389. The first-order valence-electron chi connectivity index (χ1n) is 10.7. The fraction of sp³-hybridized carbons (Fsp3) is 0.296. The summed E-state index contributed by atoms with van der Waals surface area (Å²) in [6.45, 7) is 5.03. The van der Waals surface area contributed by atoms with Gasteiger partial charge in [-0.25, -0.2) is 0 Å². The van der Waals surface area contributed by atoms with E-state index in [1.165, 1.54) is 27.5 Å². The van der Waals surface area contributed by atoms with Crippen LogP contribution < -0.4 is 5.32 Å². The molecule has 0 radical (unpaired) electrons. The zero-order chi connectivity index (χ0) is 22.4. The summed E-state index contributed by atoms with van der Waals surface area (Å²) in [5, 5.41) is 7.06. The first-order valence-corrected chi connectivity index (χ1v) is 11.4. The van der Waals surface area contributed by atoms with Crippen LogP contribution in [0, 0.1) is 12.8 Å². The lowest BCUT2D eigenvalue weighted by molar-refractivity contribution is -0.108. The molecule has 4 heteroatoms. The van der Waals surface area contributed by atoms with Crippen molar-refractivity contribution < 1.29 is 4.79 Å². The predicted molar refractivity (Wildman–Crippen MR) is 134 cm³/mol. The number of fused-ring (bicyclic) bond motifs is 1. The topological polar surface area (TPSA) is 29.1 Å². The number of benzene rings is 3. The van der Waals surface area contributed by atoms with Crippen LogP contribution in [0.3, 0.4) is 0 Å². The lowest BCUT2D eigenvalue weighted by Crippen LogP contribution is -2.05. The molecule has 162 valence electrons. The molecule has 3 aromatic rings. The van der Waals surface area contributed by atoms with Crippen LogP contribution in [0.4, 0.5) is 0 Å². The van der Waals surface area contributed by atoms with Crippen molar-refractivity contribution in [2.45, 2.75) is 39.2 Å². The van der Waals surface area contributed by atoms with Crippen molar-refractivity contribution in [2.75, 3.05) is 7.05 Å². The fourth-order valence-electron chi connectivity index (χ4n) is 3.48. The third-order valence-corrected chi connectivity index (χ3v) is 6.45. The molecule has 0 aromatic heterocycles. The molecule has 0 saturated heterocycles. The van der Waals surface area contributed by atoms with Crippen LogP contribution in [0.25, 0.3) is 16.8 Å². The van der Waals surface area contributed by atoms with E-state index in [0.717, 1.165) is 31.2 Å². The van der Waals surface area contributed by atoms with Gasteiger partial charge in [-0.2, -0.15) is 0 Å². The first-order chi connectivity index (χ1) is 14.9. The summed E-state index contributed by atoms with van der Waals surface area (Å²) in [7, 11) is 1.98. The zero-order valence-electron chi connectivity index (χ0n) is 18.3. The summed E-state index contributed by atoms with van der Waals surface area (Å²) in [4.78, 5) is 9.57. The van der Waals surface area contributed by atoms with Gasteiger partial charge in [0.2, 0.25) is 0 Å². The molecule has 2 nitrogen and oxygen atoms in total. The van der Waals surface area contributed by atoms with E-state index < -0.39 is 0 Å². The van der Waals surface area contributed by atoms with Gasteiger partial charge >= 0.3 is 0 Å². The molecule has 0 spiro atoms. The van der Waals surface area contributed by atoms with Gasteiger partial charge in [0.05, 0.1) is 10.0 Å². The average Bonchev–Trinajstić information content (AvgIpc) is 3.62. The maximum absolute atomic E-state index is 9.57. The Kier molecular flexibility index (Phi) is 8.31. The monoisotopic (exact) mass is 453 g/mol. The van der Waals surface area contributed by atoms with Crippen molar-refractivity contribution in [3.05, 3.63) is 86.9 Å². The minimum absolute atomic E-state index is 0.249. The van der Waals surface area contributed by atoms with Gasteiger partial charge in [-0.1, -0.05) is 84.7 Å². The van der Waals surface area contributed by atoms with Gasteiger partial charge in [-0.05, 0) is 71.8 Å². The smallest absolute Gasteiger partial charge is 0.123 e. The summed E-state index contributed by atoms with van der Waals surface area (Å²) in [6, 6.07) is 17.0. The molecule has 1 aliphatic rings. The van der Waals surface area contributed by atoms with Gasteiger partial charge in [0.15, 0.2) is 0 Å². The lowest BCUT2D eigenvalue weighted by Gasteiger charge is -2.12. The number of allylic oxidation sites excluding steroid dienone is 1. The molecule has 0 amide bonds. The largest absolute Gasteiger partial charge is 0.316 e. The minimum Gasteiger partial charge on any atom is -0.316 e. The Labute approximate surface area is 195 Å². The number of aryl methyl sites for hydroxylation is 1. The second-order valence-corrected chi connectivity index (χ2v) is 8.93. The van der Waals surface area contributed by atoms with Crippen molar-refractivity contribution in [2.24, 2.45) is 5.92 Å². The minimum atomic E-state index is 0.249. The van der Waals surface area contributed by atoms with E-state index in [-0.39, 0.29) is 5.92 Å². The van der Waals surface area contributed by atoms with Crippen LogP contribution in [-0.2, 0) is 11.3 Å². The summed E-state index contributed by atoms with van der Waals surface area (Å²) < 4.78 is 0. The summed E-state index contributed by atoms with van der Waals surface area (Å²) in [6.07, 6.45) is 7.74. The van der Waals surface area contributed by atoms with E-state index in [4.69, 9.17) is 23.2 Å². The van der Waals surface area contributed by atoms with Crippen molar-refractivity contribution >= 4 is 46.3 Å². The Morgan fingerprint density at radius 3 is 2.39 bits per heavy atom. The number of hydrogen-bond acceptors (Lipinski definition) is 2. The van der Waals surface area contributed by atoms with Crippen molar-refractivity contribution in [3.8, 4) is 0 Å². The Bertz CT molecular complexity index is 1060. The molecule has 1 N–H and O–H groups in total. The molecule has 1 saturated carbocycles. The number of aldehydes is 1. The van der Waals surface area contributed by atoms with E-state index in [9.17, 15) is 4.79 Å². The van der Waals surface area contributed by atoms with E-state index >= 15 is 0 Å². The second kappa shape index (κ2) is 10.9. The SMILES string of the molecule is CNCc1ccc(/C=C/C(C)c2cc(C)c(Cl)c(Cl)c2)c2ccccc12.O=CC1CC1. The number of hydrogen-bond donors (Lipinski definition) is 1. The van der Waals surface area contributed by atoms with Gasteiger partial charge in [0.1, 0.15) is 6.29 Å². The molecule has 1 atom stereocenters. The molecule has 0 heterocycles. The van der Waals surface area contributed by atoms with Crippen LogP contribution in [-0.4, -0.2) is 13.3 Å². The first kappa shape index (κ1) is 23.5. The third kappa shape index (κ3) is 6.20. The predicted octanol–water partition coefficient (Wildman–Crippen LogP) is 7.59. The van der Waals surface area contributed by atoms with Crippen molar-refractivity contribution in [1.82, 2.24) is 5.32 Å². The highest BCUT2D eigenvalue weighted by Crippen LogP contribution is 2.31. The van der Waals surface area contributed by atoms with Gasteiger partial charge < -0.3 is 10.1 Å². The molecule has 1 unspecified atom stereocenters. The summed E-state index contributed by atoms with van der Waals surface area (Å²) in [5.41, 5.74) is 4.72. The van der Waals surface area contributed by atoms with Crippen LogP contribution >= 0.6 is 23.2 Å². The maximum Gasteiger partial charge on any atom is 0.123 e. The van der Waals surface area contributed by atoms with E-state index in [0.29, 0.717) is 16.0 Å². The van der Waals surface area contributed by atoms with E-state index in [1.54, 1.807) is 0 Å². The highest BCUT2D eigenvalue weighted by atomic mass is 35.5. The molecular formula is C27H29Cl2NO. The molecule has 1 aliphatic carbocycles. The third-order valence-electron chi connectivity index (χ3n) is 5.55. The number of carbonyl (C=O) groups is 1. The number of halogens is 2. The normalized spacial score (nSPS) is 14.4. The average molecular weight is 454 g/mol. The van der Waals surface area contributed by atoms with Gasteiger partial charge in [0.25, 0.3) is 0 Å². The van der Waals surface area contributed by atoms with E-state index in [2.05, 4.69) is 66.9 Å². The fourth-order valence-corrected chi connectivity index (χ4v) is 3.87. The highest BCUT2D eigenvalue weighted by molar-refractivity contribution is 6.42. The van der Waals surface area contributed by atoms with Gasteiger partial charge in [-0.3, -0.25) is 0 Å². The van der Waals surface area contributed by atoms with Gasteiger partial charge in [-0.15, -0.1) is 0 Å². The summed E-state index contributed by atoms with van der Waals surface area (Å²) >= 11 is 12.4. The summed E-state index contributed by atoms with van der Waals surface area (Å²) in [5.74, 6) is 0.703.